The van der Waals surface area contributed by atoms with Gasteiger partial charge in [0.1, 0.15) is 11.4 Å². The molecule has 0 bridgehead atoms. The molecule has 15 rings (SSSR count). The predicted molar refractivity (Wildman–Crippen MR) is 512 cm³/mol. The zero-order valence-electron chi connectivity index (χ0n) is 77.0. The molecule has 630 valence electrons. The number of hydrogen-bond acceptors (Lipinski definition) is 7. The van der Waals surface area contributed by atoms with Gasteiger partial charge in [-0.1, -0.05) is 366 Å². The molecule has 0 aliphatic carbocycles. The van der Waals surface area contributed by atoms with Gasteiger partial charge in [0.15, 0.2) is 0 Å². The Morgan fingerprint density at radius 2 is 0.529 bits per heavy atom. The van der Waals surface area contributed by atoms with Crippen molar-refractivity contribution >= 4 is 81.5 Å². The minimum absolute atomic E-state index is 0. The van der Waals surface area contributed by atoms with Gasteiger partial charge in [0, 0.05) is 82.3 Å². The summed E-state index contributed by atoms with van der Waals surface area (Å²) in [5.41, 5.74) is 22.5. The molecule has 0 aromatic heterocycles. The predicted octanol–water partition coefficient (Wildman–Crippen LogP) is 20.8. The first kappa shape index (κ1) is 101. The summed E-state index contributed by atoms with van der Waals surface area (Å²) in [6.45, 7) is 40.7. The topological polar surface area (TPSA) is 78.0 Å². The first-order chi connectivity index (χ1) is 56.9. The summed E-state index contributed by atoms with van der Waals surface area (Å²) in [7, 11) is -0.465. The van der Waals surface area contributed by atoms with Crippen LogP contribution in [0, 0.1) is 18.3 Å². The van der Waals surface area contributed by atoms with Gasteiger partial charge in [-0.15, -0.1) is 11.2 Å². The first-order valence-corrected chi connectivity index (χ1v) is 45.8. The van der Waals surface area contributed by atoms with E-state index in [9.17, 15) is 0 Å². The van der Waals surface area contributed by atoms with Crippen LogP contribution in [0.4, 0.5) is 34.1 Å². The second-order valence-corrected chi connectivity index (χ2v) is 38.4. The van der Waals surface area contributed by atoms with Crippen LogP contribution in [-0.2, 0) is 55.3 Å². The Hall–Kier alpha value is -6.65. The largest absolute Gasteiger partial charge is 1.00 e. The van der Waals surface area contributed by atoms with Crippen molar-refractivity contribution in [3.8, 4) is 0 Å². The first-order valence-electron chi connectivity index (χ1n) is 41.9. The van der Waals surface area contributed by atoms with E-state index in [1.165, 1.54) is 91.0 Å². The van der Waals surface area contributed by atoms with E-state index in [2.05, 4.69) is 465 Å². The Labute approximate surface area is 774 Å². The molecule has 3 fully saturated rings. The van der Waals surface area contributed by atoms with Gasteiger partial charge in [-0.3, -0.25) is 9.99 Å². The van der Waals surface area contributed by atoms with Crippen molar-refractivity contribution < 1.29 is 81.2 Å². The molecule has 0 radical (unpaired) electrons. The molecule has 3 aliphatic heterocycles. The van der Waals surface area contributed by atoms with E-state index in [4.69, 9.17) is 37.0 Å². The molecular formula is C105H128Cl3Li2N3O5P3+. The number of anilines is 4. The van der Waals surface area contributed by atoms with Gasteiger partial charge in [0.05, 0.1) is 26.4 Å². The molecule has 121 heavy (non-hydrogen) atoms. The van der Waals surface area contributed by atoms with E-state index in [1.807, 2.05) is 8.59 Å². The Kier molecular flexibility index (Phi) is 39.9. The summed E-state index contributed by atoms with van der Waals surface area (Å²) in [6.07, 6.45) is 2.56. The number of benzene rings is 12. The third-order valence-corrected chi connectivity index (χ3v) is 25.7. The number of rotatable bonds is 19. The standard InChI is InChI=1S/C35H40NO2P.2C30H31N.C5H10ClO2P.C4H8O.CH3.ClH2P.ClH.2Li.H2/c1-33(2)25-37-39(38-26-33)36(31-21-17-29(18-22-31)34(3,4)27-13-9-7-10-14-27)32-23-19-30(20-24-32)35(5,6)28-15-11-8-12-16-28;2*1-29(2,23-11-7-5-8-12-23)25-15-19-27(20-16-25)31-28-21-17-26(18-22-28)30(3,4)24-13-9-6-10-14-24;1-5(2)3-7-9(6)8-4-5;1-2-4-5-3-1;;1-2;;;;/h7-24H,25-26H2,1-6H3;2*5-22,31H,1-4H3;3-4H2,1-2H3;1-4H2;1H3;2H2;1H;;;1H/q;;;;;-1;;;2*+1;/i;;;;;;;;;;1+1D. The van der Waals surface area contributed by atoms with Crippen molar-refractivity contribution in [2.45, 2.75) is 156 Å². The molecule has 3 heterocycles. The fraction of sp³-hybridized carbons (Fsp3) is 0.305. The number of quaternary nitrogens is 1. The van der Waals surface area contributed by atoms with Crippen LogP contribution in [0.1, 0.15) is 193 Å². The van der Waals surface area contributed by atoms with Gasteiger partial charge in [0.25, 0.3) is 16.3 Å². The third kappa shape index (κ3) is 28.4. The van der Waals surface area contributed by atoms with Crippen molar-refractivity contribution in [3.63, 3.8) is 0 Å². The van der Waals surface area contributed by atoms with Gasteiger partial charge < -0.3 is 48.0 Å². The van der Waals surface area contributed by atoms with Crippen LogP contribution >= 0.6 is 47.3 Å². The number of hydrogen-bond donors (Lipinski definition) is 2. The summed E-state index contributed by atoms with van der Waals surface area (Å²) in [4.78, 5) is 0. The molecular weight excluding hydrogens is 1600 g/mol. The fourth-order valence-electron chi connectivity index (χ4n) is 14.5. The van der Waals surface area contributed by atoms with Gasteiger partial charge >= 0.3 is 37.7 Å². The normalized spacial score (nSPS) is 14.5. The Morgan fingerprint density at radius 1 is 0.331 bits per heavy atom. The molecule has 12 aromatic rings. The number of nitrogens with one attached hydrogen (secondary N) is 1. The molecule has 3 saturated heterocycles. The van der Waals surface area contributed by atoms with Crippen LogP contribution in [0.25, 0.3) is 0 Å². The van der Waals surface area contributed by atoms with Crippen LogP contribution in [-0.4, -0.2) is 39.6 Å². The van der Waals surface area contributed by atoms with E-state index in [-0.39, 0.29) is 101 Å². The quantitative estimate of drug-likeness (QED) is 0.0361. The van der Waals surface area contributed by atoms with E-state index in [1.54, 1.807) is 0 Å². The molecule has 1 atom stereocenters. The zero-order chi connectivity index (χ0) is 85.9. The molecule has 0 spiro atoms. The summed E-state index contributed by atoms with van der Waals surface area (Å²) in [5, 5.41) is 5.79. The Balaban J connectivity index is 0.000000294. The zero-order valence-corrected chi connectivity index (χ0v) is 80.2. The minimum Gasteiger partial charge on any atom is -1.00 e. The Bertz CT molecular complexity index is 4440. The molecule has 8 nitrogen and oxygen atoms in total. The smallest absolute Gasteiger partial charge is 1.00 e. The van der Waals surface area contributed by atoms with Crippen LogP contribution in [0.5, 0.6) is 0 Å². The van der Waals surface area contributed by atoms with Crippen LogP contribution in [0.15, 0.2) is 328 Å². The van der Waals surface area contributed by atoms with E-state index in [0.717, 1.165) is 36.0 Å². The second-order valence-electron chi connectivity index (χ2n) is 35.2. The van der Waals surface area contributed by atoms with Gasteiger partial charge in [0.2, 0.25) is 0 Å². The van der Waals surface area contributed by atoms with Crippen molar-refractivity contribution in [3.05, 3.63) is 402 Å². The van der Waals surface area contributed by atoms with E-state index >= 15 is 0 Å². The number of ether oxygens (including phenoxy) is 1. The Morgan fingerprint density at radius 3 is 0.736 bits per heavy atom. The van der Waals surface area contributed by atoms with Crippen LogP contribution in [0.3, 0.4) is 0 Å². The molecule has 0 saturated carbocycles. The van der Waals surface area contributed by atoms with Crippen molar-refractivity contribution in [2.75, 3.05) is 49.6 Å². The number of halogens is 3. The summed E-state index contributed by atoms with van der Waals surface area (Å²) in [6, 6.07) is 117. The molecule has 12 aromatic carbocycles. The van der Waals surface area contributed by atoms with Crippen LogP contribution < -0.4 is 65.4 Å². The maximum Gasteiger partial charge on any atom is 1.00 e. The summed E-state index contributed by atoms with van der Waals surface area (Å²) < 4.78 is 40.1. The monoisotopic (exact) mass is 1720 g/mol. The fourth-order valence-corrected chi connectivity index (χ4v) is 17.6. The SMILES string of the molecule is C1CCOC1.CC(C)(c1ccccc1)c1ccc(Nc2ccc(C(C)(C)c3ccccc3)cc2)cc1.CC(C)(c1ccccc1)c1ccc([NH2+]c2ccc(C(C)(C)c3ccccc3)cc2)cc1.CC1(C)COP(Cl)OC1.CC1(C)COP(N(c2ccc(C(C)(C)c3ccccc3)cc2)c2ccc(C(C)(C)c3ccccc3)cc2)OC1.PCl.[2H][2H].[CH3-].[Cl-].[Li+].[Li+]. The second kappa shape index (κ2) is 47.6. The molecule has 3 aliphatic rings. The average molecular weight is 1730 g/mol. The number of nitrogens with two attached hydrogens (primary N) is 1. The van der Waals surface area contributed by atoms with Gasteiger partial charge in [-0.2, -0.15) is 0 Å². The summed E-state index contributed by atoms with van der Waals surface area (Å²) in [5.74, 6) is 0. The molecule has 3 N–H and O–H groups in total. The van der Waals surface area contributed by atoms with Crippen molar-refractivity contribution in [1.82, 2.24) is 0 Å². The average Bonchev–Trinajstić information content (AvgIpc) is 0.928. The molecule has 16 heteroatoms. The van der Waals surface area contributed by atoms with Gasteiger partial charge in [-0.05, 0) is 172 Å². The third-order valence-electron chi connectivity index (χ3n) is 23.0. The van der Waals surface area contributed by atoms with E-state index in [0.29, 0.717) is 26.4 Å². The molecule has 0 amide bonds. The maximum atomic E-state index is 6.37. The van der Waals surface area contributed by atoms with Crippen molar-refractivity contribution in [2.24, 2.45) is 10.8 Å². The van der Waals surface area contributed by atoms with Crippen molar-refractivity contribution in [1.29, 1.82) is 0 Å². The van der Waals surface area contributed by atoms with E-state index < -0.39 is 16.3 Å². The van der Waals surface area contributed by atoms with Crippen LogP contribution in [0.2, 0.25) is 0 Å². The maximum absolute atomic E-state index is 6.37. The summed E-state index contributed by atoms with van der Waals surface area (Å²) >= 11 is 10.1. The minimum atomic E-state index is -1.28. The number of nitrogens with zero attached hydrogens (tertiary/aromatic N) is 1. The molecule has 1 unspecified atom stereocenters. The van der Waals surface area contributed by atoms with Gasteiger partial charge in [-0.25, -0.2) is 0 Å².